The maximum absolute atomic E-state index is 13.0. The van der Waals surface area contributed by atoms with E-state index in [1.54, 1.807) is 77.8 Å². The number of rotatable bonds is 5. The van der Waals surface area contributed by atoms with Crippen molar-refractivity contribution in [3.63, 3.8) is 0 Å². The number of sulfonamides is 1. The van der Waals surface area contributed by atoms with Gasteiger partial charge in [0.25, 0.3) is 15.9 Å². The Morgan fingerprint density at radius 2 is 1.67 bits per heavy atom. The van der Waals surface area contributed by atoms with E-state index >= 15 is 0 Å². The van der Waals surface area contributed by atoms with Crippen LogP contribution >= 0.6 is 11.6 Å². The molecule has 36 heavy (non-hydrogen) atoms. The first-order chi connectivity index (χ1) is 17.2. The molecule has 0 unspecified atom stereocenters. The second-order valence-electron chi connectivity index (χ2n) is 8.85. The Balaban J connectivity index is 1.27. The quantitative estimate of drug-likeness (QED) is 0.392. The van der Waals surface area contributed by atoms with Gasteiger partial charge in [0.1, 0.15) is 4.90 Å². The number of hydrogen-bond acceptors (Lipinski definition) is 5. The smallest absolute Gasteiger partial charge is 0.264 e. The highest BCUT2D eigenvalue weighted by molar-refractivity contribution is 7.93. The molecule has 1 aliphatic rings. The van der Waals surface area contributed by atoms with Gasteiger partial charge in [-0.25, -0.2) is 8.42 Å². The minimum absolute atomic E-state index is 0.0845. The highest BCUT2D eigenvalue weighted by Crippen LogP contribution is 2.34. The maximum Gasteiger partial charge on any atom is 0.264 e. The molecule has 5 rings (SSSR count). The number of anilines is 1. The van der Waals surface area contributed by atoms with Gasteiger partial charge in [-0.05, 0) is 66.9 Å². The number of halogens is 1. The van der Waals surface area contributed by atoms with Crippen LogP contribution in [0.5, 0.6) is 0 Å². The highest BCUT2D eigenvalue weighted by Gasteiger charge is 2.35. The molecule has 4 aromatic rings. The van der Waals surface area contributed by atoms with Crippen molar-refractivity contribution in [2.24, 2.45) is 0 Å². The van der Waals surface area contributed by atoms with E-state index in [-0.39, 0.29) is 10.8 Å². The summed E-state index contributed by atoms with van der Waals surface area (Å²) < 4.78 is 28.6. The molecule has 0 spiro atoms. The lowest BCUT2D eigenvalue weighted by atomic mass is 9.84. The SMILES string of the molecule is O=C(c1ccc(NS(=O)(=O)c2cccc3cccnc23)cc1)N1CCC(O)(c2cccc(Cl)c2)CC1. The molecule has 1 fully saturated rings. The number of para-hydroxylation sites is 1. The van der Waals surface area contributed by atoms with Gasteiger partial charge in [-0.15, -0.1) is 0 Å². The normalized spacial score (nSPS) is 15.6. The molecule has 0 bridgehead atoms. The molecule has 0 radical (unpaired) electrons. The number of carbonyl (C=O) groups excluding carboxylic acids is 1. The molecule has 9 heteroatoms. The Morgan fingerprint density at radius 3 is 2.39 bits per heavy atom. The number of nitrogens with zero attached hydrogens (tertiary/aromatic N) is 2. The van der Waals surface area contributed by atoms with E-state index in [1.807, 2.05) is 6.07 Å². The third-order valence-corrected chi connectivity index (χ3v) is 8.16. The molecule has 7 nitrogen and oxygen atoms in total. The minimum atomic E-state index is -3.88. The Morgan fingerprint density at radius 1 is 0.972 bits per heavy atom. The predicted octanol–water partition coefficient (Wildman–Crippen LogP) is 4.81. The van der Waals surface area contributed by atoms with Gasteiger partial charge in [0, 0.05) is 40.9 Å². The zero-order valence-electron chi connectivity index (χ0n) is 19.3. The molecule has 1 aromatic heterocycles. The average molecular weight is 522 g/mol. The van der Waals surface area contributed by atoms with Crippen LogP contribution in [0.25, 0.3) is 10.9 Å². The highest BCUT2D eigenvalue weighted by atomic mass is 35.5. The van der Waals surface area contributed by atoms with Crippen LogP contribution in [-0.2, 0) is 15.6 Å². The van der Waals surface area contributed by atoms with Crippen LogP contribution in [0.3, 0.4) is 0 Å². The summed E-state index contributed by atoms with van der Waals surface area (Å²) in [5, 5.41) is 12.4. The third-order valence-electron chi connectivity index (χ3n) is 6.51. The number of benzene rings is 3. The van der Waals surface area contributed by atoms with Crippen molar-refractivity contribution in [3.05, 3.63) is 101 Å². The van der Waals surface area contributed by atoms with Crippen LogP contribution in [0.1, 0.15) is 28.8 Å². The van der Waals surface area contributed by atoms with Crippen LogP contribution in [0.15, 0.2) is 90.0 Å². The van der Waals surface area contributed by atoms with Crippen molar-refractivity contribution in [3.8, 4) is 0 Å². The molecular formula is C27H24ClN3O4S. The molecule has 0 atom stereocenters. The van der Waals surface area contributed by atoms with Gasteiger partial charge in [-0.2, -0.15) is 0 Å². The second-order valence-corrected chi connectivity index (χ2v) is 10.9. The number of likely N-dealkylation sites (tertiary alicyclic amines) is 1. The molecule has 1 aliphatic heterocycles. The lowest BCUT2D eigenvalue weighted by Gasteiger charge is -2.38. The number of aromatic nitrogens is 1. The number of fused-ring (bicyclic) bond motifs is 1. The second kappa shape index (κ2) is 9.54. The topological polar surface area (TPSA) is 99.6 Å². The number of nitrogens with one attached hydrogen (secondary N) is 1. The number of pyridine rings is 1. The van der Waals surface area contributed by atoms with E-state index < -0.39 is 15.6 Å². The molecule has 1 saturated heterocycles. The largest absolute Gasteiger partial charge is 0.385 e. The van der Waals surface area contributed by atoms with E-state index in [0.29, 0.717) is 47.7 Å². The fourth-order valence-corrected chi connectivity index (χ4v) is 5.94. The molecule has 2 heterocycles. The number of amides is 1. The van der Waals surface area contributed by atoms with Gasteiger partial charge < -0.3 is 10.0 Å². The van der Waals surface area contributed by atoms with E-state index in [9.17, 15) is 18.3 Å². The van der Waals surface area contributed by atoms with Crippen LogP contribution in [0.4, 0.5) is 5.69 Å². The van der Waals surface area contributed by atoms with Crippen molar-refractivity contribution in [1.29, 1.82) is 0 Å². The summed E-state index contributed by atoms with van der Waals surface area (Å²) in [5.74, 6) is -0.171. The zero-order chi connectivity index (χ0) is 25.3. The zero-order valence-corrected chi connectivity index (χ0v) is 20.8. The van der Waals surface area contributed by atoms with E-state index in [4.69, 9.17) is 11.6 Å². The van der Waals surface area contributed by atoms with E-state index in [0.717, 1.165) is 10.9 Å². The lowest BCUT2D eigenvalue weighted by molar-refractivity contribution is -0.0211. The molecule has 0 saturated carbocycles. The first-order valence-corrected chi connectivity index (χ1v) is 13.4. The van der Waals surface area contributed by atoms with E-state index in [1.165, 1.54) is 6.07 Å². The summed E-state index contributed by atoms with van der Waals surface area (Å²) in [6.07, 6.45) is 2.35. The molecule has 1 amide bonds. The minimum Gasteiger partial charge on any atom is -0.385 e. The number of piperidine rings is 1. The Labute approximate surface area is 214 Å². The van der Waals surface area contributed by atoms with Crippen molar-refractivity contribution in [2.75, 3.05) is 17.8 Å². The molecule has 3 aromatic carbocycles. The maximum atomic E-state index is 13.0. The first-order valence-electron chi connectivity index (χ1n) is 11.5. The summed E-state index contributed by atoms with van der Waals surface area (Å²) in [6.45, 7) is 0.786. The average Bonchev–Trinajstić information content (AvgIpc) is 2.88. The standard InChI is InChI=1S/C27H24ClN3O4S/c28-22-7-2-6-21(18-22)27(33)13-16-31(17-14-27)26(32)20-9-11-23(12-10-20)30-36(34,35)24-8-1-4-19-5-3-15-29-25(19)24/h1-12,15,18,30,33H,13-14,16-17H2. The monoisotopic (exact) mass is 521 g/mol. The third kappa shape index (κ3) is 4.80. The van der Waals surface area contributed by atoms with Gasteiger partial charge in [-0.3, -0.25) is 14.5 Å². The van der Waals surface area contributed by atoms with Crippen molar-refractivity contribution in [2.45, 2.75) is 23.3 Å². The van der Waals surface area contributed by atoms with Crippen LogP contribution in [0, 0.1) is 0 Å². The summed E-state index contributed by atoms with van der Waals surface area (Å²) in [5.41, 5.74) is 0.897. The Hall–Kier alpha value is -3.46. The lowest BCUT2D eigenvalue weighted by Crippen LogP contribution is -2.45. The van der Waals surface area contributed by atoms with Gasteiger partial charge in [0.05, 0.1) is 11.1 Å². The van der Waals surface area contributed by atoms with Gasteiger partial charge in [-0.1, -0.05) is 41.9 Å². The Bertz CT molecular complexity index is 1530. The predicted molar refractivity (Wildman–Crippen MR) is 139 cm³/mol. The number of aliphatic hydroxyl groups is 1. The molecule has 184 valence electrons. The molecular weight excluding hydrogens is 498 g/mol. The van der Waals surface area contributed by atoms with Crippen LogP contribution < -0.4 is 4.72 Å². The summed E-state index contributed by atoms with van der Waals surface area (Å²) >= 11 is 6.08. The van der Waals surface area contributed by atoms with Crippen molar-refractivity contribution >= 4 is 44.1 Å². The first kappa shape index (κ1) is 24.2. The van der Waals surface area contributed by atoms with Crippen LogP contribution in [-0.4, -0.2) is 42.4 Å². The van der Waals surface area contributed by atoms with Gasteiger partial charge in [0.2, 0.25) is 0 Å². The summed E-state index contributed by atoms with van der Waals surface area (Å²) in [6, 6.07) is 22.0. The summed E-state index contributed by atoms with van der Waals surface area (Å²) in [7, 11) is -3.88. The Kier molecular flexibility index (Phi) is 6.42. The molecule has 0 aliphatic carbocycles. The van der Waals surface area contributed by atoms with Gasteiger partial charge >= 0.3 is 0 Å². The van der Waals surface area contributed by atoms with Crippen molar-refractivity contribution < 1.29 is 18.3 Å². The fraction of sp³-hybridized carbons (Fsp3) is 0.185. The van der Waals surface area contributed by atoms with E-state index in [2.05, 4.69) is 9.71 Å². The fourth-order valence-electron chi connectivity index (χ4n) is 4.51. The molecule has 2 N–H and O–H groups in total. The number of carbonyl (C=O) groups is 1. The summed E-state index contributed by atoms with van der Waals surface area (Å²) in [4.78, 5) is 19.0. The van der Waals surface area contributed by atoms with Gasteiger partial charge in [0.15, 0.2) is 0 Å². The number of hydrogen-bond donors (Lipinski definition) is 2. The van der Waals surface area contributed by atoms with Crippen LogP contribution in [0.2, 0.25) is 5.02 Å². The van der Waals surface area contributed by atoms with Crippen molar-refractivity contribution in [1.82, 2.24) is 9.88 Å².